The van der Waals surface area contributed by atoms with Gasteiger partial charge in [-0.3, -0.25) is 0 Å². The first-order valence-electron chi connectivity index (χ1n) is 6.93. The molecule has 102 valence electrons. The van der Waals surface area contributed by atoms with Gasteiger partial charge in [-0.15, -0.1) is 11.3 Å². The standard InChI is InChI=1S/C15H19BrN2S/c1-3-6-18(2)12-7-10(8-12)15-17-13-5-4-11(16)9-14(13)19-15/h4-5,9-10,12H,3,6-8H2,1-2H3/t10-,12-. The van der Waals surface area contributed by atoms with Crippen molar-refractivity contribution in [2.24, 2.45) is 0 Å². The molecule has 4 heteroatoms. The number of nitrogens with zero attached hydrogens (tertiary/aromatic N) is 2. The Morgan fingerprint density at radius 1 is 1.42 bits per heavy atom. The minimum Gasteiger partial charge on any atom is -0.303 e. The molecule has 1 aromatic carbocycles. The fraction of sp³-hybridized carbons (Fsp3) is 0.533. The molecule has 19 heavy (non-hydrogen) atoms. The topological polar surface area (TPSA) is 16.1 Å². The van der Waals surface area contributed by atoms with Crippen LogP contribution in [-0.4, -0.2) is 29.5 Å². The van der Waals surface area contributed by atoms with E-state index >= 15 is 0 Å². The molecule has 1 aromatic heterocycles. The van der Waals surface area contributed by atoms with E-state index in [4.69, 9.17) is 4.98 Å². The molecule has 0 radical (unpaired) electrons. The second-order valence-electron chi connectivity index (χ2n) is 5.47. The molecular weight excluding hydrogens is 320 g/mol. The number of rotatable bonds is 4. The van der Waals surface area contributed by atoms with Crippen molar-refractivity contribution in [2.75, 3.05) is 13.6 Å². The summed E-state index contributed by atoms with van der Waals surface area (Å²) in [4.78, 5) is 7.30. The van der Waals surface area contributed by atoms with Gasteiger partial charge in [-0.2, -0.15) is 0 Å². The van der Waals surface area contributed by atoms with E-state index in [0.717, 1.165) is 16.0 Å². The van der Waals surface area contributed by atoms with Crippen molar-refractivity contribution in [1.29, 1.82) is 0 Å². The Labute approximate surface area is 127 Å². The van der Waals surface area contributed by atoms with Gasteiger partial charge in [0.05, 0.1) is 15.2 Å². The number of benzene rings is 1. The third kappa shape index (κ3) is 2.71. The predicted molar refractivity (Wildman–Crippen MR) is 86.0 cm³/mol. The zero-order valence-corrected chi connectivity index (χ0v) is 13.8. The van der Waals surface area contributed by atoms with Crippen LogP contribution >= 0.6 is 27.3 Å². The van der Waals surface area contributed by atoms with Crippen molar-refractivity contribution in [3.63, 3.8) is 0 Å². The first-order chi connectivity index (χ1) is 9.17. The molecule has 1 fully saturated rings. The third-order valence-electron chi connectivity index (χ3n) is 4.03. The van der Waals surface area contributed by atoms with Gasteiger partial charge >= 0.3 is 0 Å². The maximum Gasteiger partial charge on any atom is 0.0970 e. The van der Waals surface area contributed by atoms with E-state index < -0.39 is 0 Å². The highest BCUT2D eigenvalue weighted by Crippen LogP contribution is 2.42. The van der Waals surface area contributed by atoms with Gasteiger partial charge in [0.2, 0.25) is 0 Å². The Kier molecular flexibility index (Phi) is 3.92. The molecule has 1 aliphatic rings. The Morgan fingerprint density at radius 3 is 2.95 bits per heavy atom. The predicted octanol–water partition coefficient (Wildman–Crippen LogP) is 4.65. The molecule has 0 saturated heterocycles. The zero-order valence-electron chi connectivity index (χ0n) is 11.4. The average Bonchev–Trinajstić information content (AvgIpc) is 2.69. The van der Waals surface area contributed by atoms with Crippen LogP contribution in [0, 0.1) is 0 Å². The third-order valence-corrected chi connectivity index (χ3v) is 5.70. The Morgan fingerprint density at radius 2 is 2.21 bits per heavy atom. The number of thiazole rings is 1. The van der Waals surface area contributed by atoms with Crippen molar-refractivity contribution in [2.45, 2.75) is 38.1 Å². The molecule has 0 aliphatic heterocycles. The summed E-state index contributed by atoms with van der Waals surface area (Å²) in [6.07, 6.45) is 3.79. The zero-order chi connectivity index (χ0) is 13.4. The van der Waals surface area contributed by atoms with Crippen molar-refractivity contribution >= 4 is 37.5 Å². The summed E-state index contributed by atoms with van der Waals surface area (Å²) in [6, 6.07) is 7.13. The van der Waals surface area contributed by atoms with E-state index in [1.54, 1.807) is 0 Å². The minimum absolute atomic E-state index is 0.681. The van der Waals surface area contributed by atoms with Gasteiger partial charge in [-0.1, -0.05) is 22.9 Å². The summed E-state index contributed by atoms with van der Waals surface area (Å²) in [5.41, 5.74) is 1.15. The smallest absolute Gasteiger partial charge is 0.0970 e. The molecule has 0 unspecified atom stereocenters. The lowest BCUT2D eigenvalue weighted by Crippen LogP contribution is -2.41. The van der Waals surface area contributed by atoms with Gasteiger partial charge in [-0.25, -0.2) is 4.98 Å². The number of hydrogen-bond donors (Lipinski definition) is 0. The molecule has 2 aromatic rings. The molecule has 1 aliphatic carbocycles. The Bertz CT molecular complexity index is 575. The largest absolute Gasteiger partial charge is 0.303 e. The Hall–Kier alpha value is -0.450. The first-order valence-corrected chi connectivity index (χ1v) is 8.54. The molecule has 3 rings (SSSR count). The van der Waals surface area contributed by atoms with E-state index in [1.165, 1.54) is 35.5 Å². The number of aromatic nitrogens is 1. The molecule has 1 saturated carbocycles. The second-order valence-corrected chi connectivity index (χ2v) is 7.44. The summed E-state index contributed by atoms with van der Waals surface area (Å²) in [6.45, 7) is 3.46. The van der Waals surface area contributed by atoms with Gasteiger partial charge in [0.1, 0.15) is 0 Å². The van der Waals surface area contributed by atoms with E-state index in [-0.39, 0.29) is 0 Å². The lowest BCUT2D eigenvalue weighted by Gasteiger charge is -2.40. The summed E-state index contributed by atoms with van der Waals surface area (Å²) in [7, 11) is 2.25. The van der Waals surface area contributed by atoms with Gasteiger partial charge in [0, 0.05) is 16.4 Å². The fourth-order valence-electron chi connectivity index (χ4n) is 2.78. The van der Waals surface area contributed by atoms with Crippen LogP contribution in [0.2, 0.25) is 0 Å². The van der Waals surface area contributed by atoms with E-state index in [1.807, 2.05) is 11.3 Å². The van der Waals surface area contributed by atoms with Gasteiger partial charge in [0.15, 0.2) is 0 Å². The second kappa shape index (κ2) is 5.51. The monoisotopic (exact) mass is 338 g/mol. The number of hydrogen-bond acceptors (Lipinski definition) is 3. The van der Waals surface area contributed by atoms with Crippen molar-refractivity contribution in [1.82, 2.24) is 9.88 Å². The van der Waals surface area contributed by atoms with Crippen LogP contribution in [0.1, 0.15) is 37.1 Å². The van der Waals surface area contributed by atoms with Crippen LogP contribution in [0.15, 0.2) is 22.7 Å². The molecule has 0 bridgehead atoms. The highest BCUT2D eigenvalue weighted by atomic mass is 79.9. The minimum atomic E-state index is 0.681. The highest BCUT2D eigenvalue weighted by Gasteiger charge is 2.34. The van der Waals surface area contributed by atoms with Gasteiger partial charge in [-0.05, 0) is 51.1 Å². The maximum absolute atomic E-state index is 4.79. The maximum atomic E-state index is 4.79. The molecule has 0 amide bonds. The lowest BCUT2D eigenvalue weighted by atomic mass is 9.80. The number of halogens is 1. The summed E-state index contributed by atoms with van der Waals surface area (Å²) < 4.78 is 2.44. The quantitative estimate of drug-likeness (QED) is 0.806. The van der Waals surface area contributed by atoms with Crippen LogP contribution in [0.5, 0.6) is 0 Å². The van der Waals surface area contributed by atoms with Gasteiger partial charge < -0.3 is 4.90 Å². The van der Waals surface area contributed by atoms with Crippen LogP contribution in [0.4, 0.5) is 0 Å². The first kappa shape index (κ1) is 13.5. The van der Waals surface area contributed by atoms with Crippen LogP contribution in [0.25, 0.3) is 10.2 Å². The van der Waals surface area contributed by atoms with Crippen LogP contribution in [0.3, 0.4) is 0 Å². The molecule has 0 spiro atoms. The molecule has 2 nitrogen and oxygen atoms in total. The normalized spacial score (nSPS) is 22.9. The Balaban J connectivity index is 1.70. The highest BCUT2D eigenvalue weighted by molar-refractivity contribution is 9.10. The van der Waals surface area contributed by atoms with E-state index in [9.17, 15) is 0 Å². The molecule has 1 heterocycles. The molecule has 0 atom stereocenters. The fourth-order valence-corrected chi connectivity index (χ4v) is 4.42. The van der Waals surface area contributed by atoms with Crippen molar-refractivity contribution < 1.29 is 0 Å². The van der Waals surface area contributed by atoms with Crippen LogP contribution in [-0.2, 0) is 0 Å². The molecular formula is C15H19BrN2S. The molecule has 0 N–H and O–H groups in total. The van der Waals surface area contributed by atoms with Crippen molar-refractivity contribution in [3.8, 4) is 0 Å². The van der Waals surface area contributed by atoms with Crippen LogP contribution < -0.4 is 0 Å². The average molecular weight is 339 g/mol. The SMILES string of the molecule is CCCN(C)[C@H]1C[C@H](c2nc3ccc(Br)cc3s2)C1. The lowest BCUT2D eigenvalue weighted by molar-refractivity contribution is 0.137. The van der Waals surface area contributed by atoms with E-state index in [0.29, 0.717) is 5.92 Å². The summed E-state index contributed by atoms with van der Waals surface area (Å²) in [5.74, 6) is 0.681. The summed E-state index contributed by atoms with van der Waals surface area (Å²) in [5, 5.41) is 1.33. The van der Waals surface area contributed by atoms with Gasteiger partial charge in [0.25, 0.3) is 0 Å². The number of fused-ring (bicyclic) bond motifs is 1. The van der Waals surface area contributed by atoms with E-state index in [2.05, 4.69) is 53.0 Å². The summed E-state index contributed by atoms with van der Waals surface area (Å²) >= 11 is 5.39. The van der Waals surface area contributed by atoms with Crippen molar-refractivity contribution in [3.05, 3.63) is 27.7 Å².